The Kier molecular flexibility index (Phi) is 7.17. The average molecular weight is 298 g/mol. The van der Waals surface area contributed by atoms with Gasteiger partial charge in [0.05, 0.1) is 11.3 Å². The second-order valence-electron chi connectivity index (χ2n) is 4.34. The summed E-state index contributed by atoms with van der Waals surface area (Å²) in [5.41, 5.74) is -0.250. The van der Waals surface area contributed by atoms with Crippen LogP contribution in [0.25, 0.3) is 0 Å². The van der Waals surface area contributed by atoms with E-state index in [2.05, 4.69) is 10.6 Å². The first-order valence-electron chi connectivity index (χ1n) is 6.70. The van der Waals surface area contributed by atoms with Crippen LogP contribution in [0.4, 0.5) is 14.9 Å². The minimum Gasteiger partial charge on any atom is -0.478 e. The Morgan fingerprint density at radius 2 is 2.10 bits per heavy atom. The molecule has 1 aromatic rings. The summed E-state index contributed by atoms with van der Waals surface area (Å²) in [6.45, 7) is 3.60. The zero-order valence-electron chi connectivity index (χ0n) is 11.8. The van der Waals surface area contributed by atoms with Crippen molar-refractivity contribution in [2.45, 2.75) is 19.8 Å². The van der Waals surface area contributed by atoms with Gasteiger partial charge in [0, 0.05) is 19.8 Å². The van der Waals surface area contributed by atoms with Gasteiger partial charge in [-0.3, -0.25) is 0 Å². The highest BCUT2D eigenvalue weighted by Gasteiger charge is 2.13. The lowest BCUT2D eigenvalue weighted by atomic mass is 10.2. The van der Waals surface area contributed by atoms with E-state index in [0.29, 0.717) is 26.2 Å². The minimum atomic E-state index is -1.24. The number of anilines is 1. The maximum Gasteiger partial charge on any atom is 0.337 e. The lowest BCUT2D eigenvalue weighted by Gasteiger charge is -2.10. The Labute approximate surface area is 122 Å². The fraction of sp³-hybridized carbons (Fsp3) is 0.429. The van der Waals surface area contributed by atoms with Gasteiger partial charge < -0.3 is 20.5 Å². The monoisotopic (exact) mass is 298 g/mol. The van der Waals surface area contributed by atoms with Gasteiger partial charge in [-0.15, -0.1) is 0 Å². The second-order valence-corrected chi connectivity index (χ2v) is 4.34. The summed E-state index contributed by atoms with van der Waals surface area (Å²) in [7, 11) is 0. The molecule has 21 heavy (non-hydrogen) atoms. The molecule has 6 nitrogen and oxygen atoms in total. The van der Waals surface area contributed by atoms with Crippen LogP contribution < -0.4 is 10.6 Å². The van der Waals surface area contributed by atoms with E-state index >= 15 is 0 Å². The van der Waals surface area contributed by atoms with Crippen molar-refractivity contribution in [3.05, 3.63) is 29.6 Å². The number of benzene rings is 1. The molecule has 2 amide bonds. The summed E-state index contributed by atoms with van der Waals surface area (Å²) in [6.07, 6.45) is 1.58. The van der Waals surface area contributed by atoms with Gasteiger partial charge in [-0.2, -0.15) is 0 Å². The summed E-state index contributed by atoms with van der Waals surface area (Å²) < 4.78 is 18.4. The van der Waals surface area contributed by atoms with E-state index in [1.54, 1.807) is 0 Å². The largest absolute Gasteiger partial charge is 0.478 e. The van der Waals surface area contributed by atoms with Crippen LogP contribution in [0.5, 0.6) is 0 Å². The van der Waals surface area contributed by atoms with Crippen LogP contribution in [-0.2, 0) is 4.74 Å². The highest BCUT2D eigenvalue weighted by Crippen LogP contribution is 2.17. The molecule has 0 bridgehead atoms. The highest BCUT2D eigenvalue weighted by molar-refractivity contribution is 5.99. The van der Waals surface area contributed by atoms with E-state index in [1.807, 2.05) is 6.92 Å². The van der Waals surface area contributed by atoms with Crippen molar-refractivity contribution < 1.29 is 23.8 Å². The molecule has 0 aliphatic carbocycles. The van der Waals surface area contributed by atoms with Crippen LogP contribution in [0.2, 0.25) is 0 Å². The summed E-state index contributed by atoms with van der Waals surface area (Å²) in [5.74, 6) is -1.86. The third-order valence-corrected chi connectivity index (χ3v) is 2.56. The Morgan fingerprint density at radius 1 is 1.33 bits per heavy atom. The van der Waals surface area contributed by atoms with Gasteiger partial charge in [0.1, 0.15) is 5.82 Å². The third-order valence-electron chi connectivity index (χ3n) is 2.56. The van der Waals surface area contributed by atoms with Gasteiger partial charge in [-0.1, -0.05) is 6.92 Å². The fourth-order valence-electron chi connectivity index (χ4n) is 1.60. The van der Waals surface area contributed by atoms with Crippen LogP contribution >= 0.6 is 0 Å². The number of carboxylic acids is 1. The Hall–Kier alpha value is -2.15. The lowest BCUT2D eigenvalue weighted by Crippen LogP contribution is -2.30. The number of ether oxygens (including phenoxy) is 1. The van der Waals surface area contributed by atoms with Crippen molar-refractivity contribution in [1.82, 2.24) is 5.32 Å². The first kappa shape index (κ1) is 16.9. The first-order chi connectivity index (χ1) is 10.0. The summed E-state index contributed by atoms with van der Waals surface area (Å²) in [6, 6.07) is 2.51. The number of carbonyl (C=O) groups excluding carboxylic acids is 1. The van der Waals surface area contributed by atoms with Gasteiger partial charge in [0.2, 0.25) is 0 Å². The molecule has 0 aromatic heterocycles. The third kappa shape index (κ3) is 6.22. The number of hydrogen-bond donors (Lipinski definition) is 3. The number of carboxylic acid groups (broad SMARTS) is 1. The standard InChI is InChI=1S/C14H19FN2O4/c1-2-7-21-8-3-6-16-14(20)17-12-9-10(15)4-5-11(12)13(18)19/h4-5,9H,2-3,6-8H2,1H3,(H,18,19)(H2,16,17,20). The molecule has 0 spiro atoms. The highest BCUT2D eigenvalue weighted by atomic mass is 19.1. The van der Waals surface area contributed by atoms with E-state index < -0.39 is 17.8 Å². The van der Waals surface area contributed by atoms with E-state index in [0.717, 1.165) is 24.6 Å². The summed E-state index contributed by atoms with van der Waals surface area (Å²) in [5, 5.41) is 13.8. The molecule has 1 aromatic carbocycles. The maximum atomic E-state index is 13.1. The molecule has 7 heteroatoms. The topological polar surface area (TPSA) is 87.7 Å². The molecule has 0 atom stereocenters. The van der Waals surface area contributed by atoms with Gasteiger partial charge in [-0.25, -0.2) is 14.0 Å². The van der Waals surface area contributed by atoms with Crippen molar-refractivity contribution in [2.24, 2.45) is 0 Å². The van der Waals surface area contributed by atoms with Crippen LogP contribution in [0.15, 0.2) is 18.2 Å². The average Bonchev–Trinajstić information content (AvgIpc) is 2.42. The molecule has 0 fully saturated rings. The van der Waals surface area contributed by atoms with Crippen molar-refractivity contribution in [3.63, 3.8) is 0 Å². The van der Waals surface area contributed by atoms with Gasteiger partial charge in [0.15, 0.2) is 0 Å². The predicted octanol–water partition coefficient (Wildman–Crippen LogP) is 2.46. The molecule has 0 aliphatic rings. The summed E-state index contributed by atoms with van der Waals surface area (Å²) >= 11 is 0. The van der Waals surface area contributed by atoms with E-state index in [-0.39, 0.29) is 11.3 Å². The number of hydrogen-bond acceptors (Lipinski definition) is 3. The first-order valence-corrected chi connectivity index (χ1v) is 6.70. The number of nitrogens with one attached hydrogen (secondary N) is 2. The van der Waals surface area contributed by atoms with E-state index in [4.69, 9.17) is 9.84 Å². The smallest absolute Gasteiger partial charge is 0.337 e. The SMILES string of the molecule is CCCOCCCNC(=O)Nc1cc(F)ccc1C(=O)O. The molecule has 0 radical (unpaired) electrons. The van der Waals surface area contributed by atoms with Gasteiger partial charge in [-0.05, 0) is 31.0 Å². The number of carbonyl (C=O) groups is 2. The van der Waals surface area contributed by atoms with Crippen molar-refractivity contribution in [3.8, 4) is 0 Å². The Morgan fingerprint density at radius 3 is 2.76 bits per heavy atom. The lowest BCUT2D eigenvalue weighted by molar-refractivity contribution is 0.0698. The number of amides is 2. The number of urea groups is 1. The van der Waals surface area contributed by atoms with Crippen LogP contribution in [0.3, 0.4) is 0 Å². The Bertz CT molecular complexity index is 494. The van der Waals surface area contributed by atoms with Crippen molar-refractivity contribution in [1.29, 1.82) is 0 Å². The molecule has 1 rings (SSSR count). The molecule has 0 saturated carbocycles. The second kappa shape index (κ2) is 8.91. The molecular weight excluding hydrogens is 279 g/mol. The van der Waals surface area contributed by atoms with Gasteiger partial charge in [0.25, 0.3) is 0 Å². The van der Waals surface area contributed by atoms with Crippen LogP contribution in [0.1, 0.15) is 30.1 Å². The number of aromatic carboxylic acids is 1. The van der Waals surface area contributed by atoms with Crippen LogP contribution in [0, 0.1) is 5.82 Å². The predicted molar refractivity (Wildman–Crippen MR) is 76.1 cm³/mol. The van der Waals surface area contributed by atoms with Crippen molar-refractivity contribution in [2.75, 3.05) is 25.1 Å². The van der Waals surface area contributed by atoms with Crippen LogP contribution in [-0.4, -0.2) is 36.9 Å². The molecule has 0 unspecified atom stereocenters. The fourth-order valence-corrected chi connectivity index (χ4v) is 1.60. The normalized spacial score (nSPS) is 10.2. The molecular formula is C14H19FN2O4. The van der Waals surface area contributed by atoms with Crippen molar-refractivity contribution >= 4 is 17.7 Å². The van der Waals surface area contributed by atoms with E-state index in [9.17, 15) is 14.0 Å². The molecule has 3 N–H and O–H groups in total. The zero-order valence-corrected chi connectivity index (χ0v) is 11.8. The molecule has 116 valence electrons. The number of rotatable bonds is 8. The minimum absolute atomic E-state index is 0.0813. The van der Waals surface area contributed by atoms with E-state index in [1.165, 1.54) is 0 Å². The molecule has 0 aliphatic heterocycles. The zero-order chi connectivity index (χ0) is 15.7. The quantitative estimate of drug-likeness (QED) is 0.643. The number of halogens is 1. The maximum absolute atomic E-state index is 13.1. The molecule has 0 saturated heterocycles. The summed E-state index contributed by atoms with van der Waals surface area (Å²) in [4.78, 5) is 22.6. The van der Waals surface area contributed by atoms with Gasteiger partial charge >= 0.3 is 12.0 Å². The molecule has 0 heterocycles. The Balaban J connectivity index is 2.44.